The number of para-hydroxylation sites is 1. The molecule has 1 aliphatic heterocycles. The van der Waals surface area contributed by atoms with Gasteiger partial charge in [0.15, 0.2) is 5.69 Å². The number of benzene rings is 2. The molecular formula is C23H22N4O2S. The summed E-state index contributed by atoms with van der Waals surface area (Å²) in [5.41, 5.74) is 7.15. The van der Waals surface area contributed by atoms with Crippen LogP contribution in [0.3, 0.4) is 0 Å². The molecule has 0 saturated heterocycles. The molecule has 7 heteroatoms. The lowest BCUT2D eigenvalue weighted by Crippen LogP contribution is -2.41. The highest BCUT2D eigenvalue weighted by Gasteiger charge is 2.36. The van der Waals surface area contributed by atoms with E-state index in [1.165, 1.54) is 10.9 Å². The summed E-state index contributed by atoms with van der Waals surface area (Å²) in [6, 6.07) is 12.2. The van der Waals surface area contributed by atoms with Gasteiger partial charge in [0.1, 0.15) is 5.75 Å². The highest BCUT2D eigenvalue weighted by Crippen LogP contribution is 2.41. The molecule has 0 spiro atoms. The molecule has 4 aromatic rings. The average molecular weight is 419 g/mol. The number of carbonyl (C=O) groups is 1. The Kier molecular flexibility index (Phi) is 4.55. The zero-order valence-corrected chi connectivity index (χ0v) is 17.9. The van der Waals surface area contributed by atoms with Crippen LogP contribution in [0.2, 0.25) is 0 Å². The first-order valence-electron chi connectivity index (χ1n) is 9.92. The second kappa shape index (κ2) is 7.25. The lowest BCUT2D eigenvalue weighted by Gasteiger charge is -2.37. The molecule has 2 aromatic heterocycles. The summed E-state index contributed by atoms with van der Waals surface area (Å²) in [5, 5.41) is 1.22. The smallest absolute Gasteiger partial charge is 0.276 e. The summed E-state index contributed by atoms with van der Waals surface area (Å²) in [5.74, 6) is 0.761. The molecule has 0 saturated carbocycles. The van der Waals surface area contributed by atoms with Gasteiger partial charge in [0.25, 0.3) is 5.91 Å². The SMILES string of the molecule is COc1ccc(C2c3[nH]c4ccccc4c3CCN2C(=O)c2cnsn2)c(C)c1C. The predicted molar refractivity (Wildman–Crippen MR) is 117 cm³/mol. The fourth-order valence-corrected chi connectivity index (χ4v) is 4.93. The van der Waals surface area contributed by atoms with Crippen LogP contribution in [0.25, 0.3) is 10.9 Å². The number of carbonyl (C=O) groups excluding carboxylic acids is 1. The van der Waals surface area contributed by atoms with Crippen molar-refractivity contribution >= 4 is 28.5 Å². The summed E-state index contributed by atoms with van der Waals surface area (Å²) < 4.78 is 13.7. The quantitative estimate of drug-likeness (QED) is 0.534. The molecule has 5 rings (SSSR count). The molecule has 0 fully saturated rings. The molecule has 0 bridgehead atoms. The van der Waals surface area contributed by atoms with E-state index < -0.39 is 0 Å². The van der Waals surface area contributed by atoms with E-state index >= 15 is 0 Å². The van der Waals surface area contributed by atoms with E-state index in [-0.39, 0.29) is 11.9 Å². The van der Waals surface area contributed by atoms with E-state index in [1.807, 2.05) is 17.0 Å². The number of ether oxygens (including phenoxy) is 1. The number of hydrogen-bond donors (Lipinski definition) is 1. The number of methoxy groups -OCH3 is 1. The number of amides is 1. The van der Waals surface area contributed by atoms with Crippen molar-refractivity contribution < 1.29 is 9.53 Å². The molecule has 1 N–H and O–H groups in total. The highest BCUT2D eigenvalue weighted by atomic mass is 32.1. The Bertz CT molecular complexity index is 1250. The highest BCUT2D eigenvalue weighted by molar-refractivity contribution is 6.99. The molecule has 30 heavy (non-hydrogen) atoms. The van der Waals surface area contributed by atoms with Crippen LogP contribution in [-0.2, 0) is 6.42 Å². The van der Waals surface area contributed by atoms with E-state index in [0.29, 0.717) is 12.2 Å². The molecule has 1 atom stereocenters. The van der Waals surface area contributed by atoms with Crippen LogP contribution in [0.4, 0.5) is 0 Å². The van der Waals surface area contributed by atoms with Crippen molar-refractivity contribution in [1.82, 2.24) is 18.6 Å². The van der Waals surface area contributed by atoms with Crippen LogP contribution in [0.1, 0.15) is 44.5 Å². The summed E-state index contributed by atoms with van der Waals surface area (Å²) >= 11 is 1.06. The maximum atomic E-state index is 13.4. The molecule has 0 radical (unpaired) electrons. The number of nitrogens with one attached hydrogen (secondary N) is 1. The predicted octanol–water partition coefficient (Wildman–Crippen LogP) is 4.43. The van der Waals surface area contributed by atoms with Crippen LogP contribution in [0.15, 0.2) is 42.6 Å². The third-order valence-corrected chi connectivity index (χ3v) is 6.65. The van der Waals surface area contributed by atoms with Crippen molar-refractivity contribution in [3.05, 3.63) is 76.2 Å². The van der Waals surface area contributed by atoms with Gasteiger partial charge in [-0.2, -0.15) is 8.75 Å². The second-order valence-corrected chi connectivity index (χ2v) is 8.17. The number of fused-ring (bicyclic) bond motifs is 3. The molecule has 152 valence electrons. The summed E-state index contributed by atoms with van der Waals surface area (Å²) in [6.45, 7) is 4.78. The van der Waals surface area contributed by atoms with Gasteiger partial charge in [0.2, 0.25) is 0 Å². The average Bonchev–Trinajstić information content (AvgIpc) is 3.43. The van der Waals surface area contributed by atoms with Crippen molar-refractivity contribution in [2.75, 3.05) is 13.7 Å². The number of aromatic nitrogens is 3. The lowest BCUT2D eigenvalue weighted by atomic mass is 9.88. The Labute approximate surface area is 178 Å². The zero-order chi connectivity index (χ0) is 20.8. The Morgan fingerprint density at radius 2 is 2.03 bits per heavy atom. The molecule has 3 heterocycles. The van der Waals surface area contributed by atoms with Crippen LogP contribution < -0.4 is 4.74 Å². The van der Waals surface area contributed by atoms with Crippen LogP contribution in [0.5, 0.6) is 5.75 Å². The van der Waals surface area contributed by atoms with Gasteiger partial charge in [0, 0.05) is 23.1 Å². The minimum absolute atomic E-state index is 0.0917. The molecule has 1 aliphatic rings. The molecule has 6 nitrogen and oxygen atoms in total. The van der Waals surface area contributed by atoms with Crippen molar-refractivity contribution in [1.29, 1.82) is 0 Å². The van der Waals surface area contributed by atoms with Gasteiger partial charge in [-0.15, -0.1) is 0 Å². The van der Waals surface area contributed by atoms with E-state index in [0.717, 1.165) is 51.8 Å². The van der Waals surface area contributed by atoms with Crippen molar-refractivity contribution in [3.63, 3.8) is 0 Å². The summed E-state index contributed by atoms with van der Waals surface area (Å²) in [6.07, 6.45) is 2.35. The number of H-pyrrole nitrogens is 1. The van der Waals surface area contributed by atoms with E-state index in [9.17, 15) is 4.79 Å². The number of aromatic amines is 1. The second-order valence-electron chi connectivity index (χ2n) is 7.61. The van der Waals surface area contributed by atoms with Crippen LogP contribution in [-0.4, -0.2) is 38.2 Å². The van der Waals surface area contributed by atoms with Gasteiger partial charge in [-0.25, -0.2) is 0 Å². The van der Waals surface area contributed by atoms with Gasteiger partial charge >= 0.3 is 0 Å². The minimum Gasteiger partial charge on any atom is -0.496 e. The van der Waals surface area contributed by atoms with Gasteiger partial charge in [-0.05, 0) is 54.7 Å². The molecule has 1 unspecified atom stereocenters. The molecular weight excluding hydrogens is 396 g/mol. The van der Waals surface area contributed by atoms with E-state index in [2.05, 4.69) is 51.8 Å². The fraction of sp³-hybridized carbons (Fsp3) is 0.261. The van der Waals surface area contributed by atoms with Crippen molar-refractivity contribution in [2.24, 2.45) is 0 Å². The zero-order valence-electron chi connectivity index (χ0n) is 17.1. The summed E-state index contributed by atoms with van der Waals surface area (Å²) in [7, 11) is 1.68. The molecule has 2 aromatic carbocycles. The monoisotopic (exact) mass is 418 g/mol. The maximum absolute atomic E-state index is 13.4. The first kappa shape index (κ1) is 18.8. The number of hydrogen-bond acceptors (Lipinski definition) is 5. The van der Waals surface area contributed by atoms with E-state index in [1.54, 1.807) is 13.3 Å². The Hall–Kier alpha value is -3.19. The van der Waals surface area contributed by atoms with Crippen LogP contribution >= 0.6 is 11.7 Å². The Morgan fingerprint density at radius 3 is 2.80 bits per heavy atom. The number of rotatable bonds is 3. The molecule has 0 aliphatic carbocycles. The molecule has 1 amide bonds. The van der Waals surface area contributed by atoms with Gasteiger partial charge in [0.05, 0.1) is 31.1 Å². The van der Waals surface area contributed by atoms with Gasteiger partial charge in [-0.1, -0.05) is 24.3 Å². The number of nitrogens with zero attached hydrogens (tertiary/aromatic N) is 3. The summed E-state index contributed by atoms with van der Waals surface area (Å²) in [4.78, 5) is 18.9. The van der Waals surface area contributed by atoms with Crippen molar-refractivity contribution in [3.8, 4) is 5.75 Å². The lowest BCUT2D eigenvalue weighted by molar-refractivity contribution is 0.0686. The van der Waals surface area contributed by atoms with Crippen LogP contribution in [0, 0.1) is 13.8 Å². The normalized spacial score (nSPS) is 16.0. The first-order valence-corrected chi connectivity index (χ1v) is 10.6. The van der Waals surface area contributed by atoms with Gasteiger partial charge in [-0.3, -0.25) is 4.79 Å². The first-order chi connectivity index (χ1) is 14.6. The van der Waals surface area contributed by atoms with E-state index in [4.69, 9.17) is 4.74 Å². The Morgan fingerprint density at radius 1 is 1.20 bits per heavy atom. The fourth-order valence-electron chi connectivity index (χ4n) is 4.52. The van der Waals surface area contributed by atoms with Gasteiger partial charge < -0.3 is 14.6 Å². The third kappa shape index (κ3) is 2.81. The standard InChI is InChI=1S/C23H22N4O2S/c1-13-14(2)20(29-3)9-8-15(13)22-21-17(16-6-4-5-7-18(16)25-21)10-11-27(22)23(28)19-12-24-30-26-19/h4-9,12,22,25H,10-11H2,1-3H3. The maximum Gasteiger partial charge on any atom is 0.276 e. The largest absolute Gasteiger partial charge is 0.496 e. The minimum atomic E-state index is -0.222. The topological polar surface area (TPSA) is 71.1 Å². The Balaban J connectivity index is 1.72. The van der Waals surface area contributed by atoms with Crippen molar-refractivity contribution in [2.45, 2.75) is 26.3 Å². The third-order valence-electron chi connectivity index (χ3n) is 6.17.